The van der Waals surface area contributed by atoms with Crippen molar-refractivity contribution in [2.45, 2.75) is 25.8 Å². The number of anilines is 1. The molecule has 3 nitrogen and oxygen atoms in total. The third kappa shape index (κ3) is 3.96. The van der Waals surface area contributed by atoms with Gasteiger partial charge in [0.2, 0.25) is 0 Å². The third-order valence-corrected chi connectivity index (χ3v) is 4.76. The molecule has 2 rings (SSSR count). The highest BCUT2D eigenvalue weighted by atomic mass is 79.9. The summed E-state index contributed by atoms with van der Waals surface area (Å²) in [5, 5.41) is 0. The lowest BCUT2D eigenvalue weighted by atomic mass is 9.96. The van der Waals surface area contributed by atoms with Gasteiger partial charge in [0.25, 0.3) is 0 Å². The minimum Gasteiger partial charge on any atom is -0.371 e. The molecule has 112 valence electrons. The Labute approximate surface area is 131 Å². The van der Waals surface area contributed by atoms with Crippen LogP contribution in [-0.4, -0.2) is 38.6 Å². The molecule has 20 heavy (non-hydrogen) atoms. The van der Waals surface area contributed by atoms with E-state index in [1.165, 1.54) is 30.6 Å². The number of nitrogens with zero attached hydrogens (tertiary/aromatic N) is 2. The SMILES string of the molecule is C[C@H](N)c1ccc(N2CCC(CN(C)C)CC2)cc1Br. The van der Waals surface area contributed by atoms with Crippen molar-refractivity contribution in [3.05, 3.63) is 28.2 Å². The van der Waals surface area contributed by atoms with Gasteiger partial charge in [-0.25, -0.2) is 0 Å². The Kier molecular flexibility index (Phi) is 5.47. The van der Waals surface area contributed by atoms with E-state index >= 15 is 0 Å². The molecule has 2 N–H and O–H groups in total. The van der Waals surface area contributed by atoms with Gasteiger partial charge in [0.15, 0.2) is 0 Å². The Morgan fingerprint density at radius 2 is 2.00 bits per heavy atom. The summed E-state index contributed by atoms with van der Waals surface area (Å²) in [6.07, 6.45) is 2.57. The summed E-state index contributed by atoms with van der Waals surface area (Å²) in [6, 6.07) is 6.64. The smallest absolute Gasteiger partial charge is 0.0377 e. The van der Waals surface area contributed by atoms with Gasteiger partial charge in [-0.1, -0.05) is 22.0 Å². The van der Waals surface area contributed by atoms with Crippen molar-refractivity contribution in [3.8, 4) is 0 Å². The Hall–Kier alpha value is -0.580. The Morgan fingerprint density at radius 3 is 2.50 bits per heavy atom. The fraction of sp³-hybridized carbons (Fsp3) is 0.625. The maximum atomic E-state index is 5.96. The second kappa shape index (κ2) is 6.92. The normalized spacial score (nSPS) is 18.6. The summed E-state index contributed by atoms with van der Waals surface area (Å²) in [7, 11) is 4.33. The van der Waals surface area contributed by atoms with Gasteiger partial charge >= 0.3 is 0 Å². The van der Waals surface area contributed by atoms with Crippen molar-refractivity contribution < 1.29 is 0 Å². The first-order valence-electron chi connectivity index (χ1n) is 7.42. The molecule has 0 aliphatic carbocycles. The summed E-state index contributed by atoms with van der Waals surface area (Å²) >= 11 is 3.65. The highest BCUT2D eigenvalue weighted by Crippen LogP contribution is 2.30. The van der Waals surface area contributed by atoms with Gasteiger partial charge in [-0.3, -0.25) is 0 Å². The number of benzene rings is 1. The predicted molar refractivity (Wildman–Crippen MR) is 90.2 cm³/mol. The van der Waals surface area contributed by atoms with Crippen LogP contribution in [0.3, 0.4) is 0 Å². The van der Waals surface area contributed by atoms with Crippen molar-refractivity contribution in [2.24, 2.45) is 11.7 Å². The highest BCUT2D eigenvalue weighted by molar-refractivity contribution is 9.10. The van der Waals surface area contributed by atoms with E-state index in [4.69, 9.17) is 5.73 Å². The van der Waals surface area contributed by atoms with E-state index in [2.05, 4.69) is 58.0 Å². The van der Waals surface area contributed by atoms with E-state index in [0.29, 0.717) is 0 Å². The van der Waals surface area contributed by atoms with Gasteiger partial charge < -0.3 is 15.5 Å². The molecule has 1 aromatic carbocycles. The molecule has 4 heteroatoms. The Bertz CT molecular complexity index is 437. The molecule has 1 aliphatic rings. The zero-order valence-electron chi connectivity index (χ0n) is 12.8. The van der Waals surface area contributed by atoms with Gasteiger partial charge in [0.1, 0.15) is 0 Å². The summed E-state index contributed by atoms with van der Waals surface area (Å²) in [4.78, 5) is 4.79. The molecule has 0 saturated carbocycles. The number of halogens is 1. The van der Waals surface area contributed by atoms with Crippen LogP contribution in [0.1, 0.15) is 31.4 Å². The second-order valence-corrected chi connectivity index (χ2v) is 7.04. The monoisotopic (exact) mass is 339 g/mol. The van der Waals surface area contributed by atoms with Crippen molar-refractivity contribution >= 4 is 21.6 Å². The van der Waals surface area contributed by atoms with Crippen LogP contribution in [0.2, 0.25) is 0 Å². The molecule has 0 bridgehead atoms. The molecule has 1 fully saturated rings. The number of hydrogen-bond acceptors (Lipinski definition) is 3. The third-order valence-electron chi connectivity index (χ3n) is 4.08. The Balaban J connectivity index is 1.98. The zero-order chi connectivity index (χ0) is 14.7. The Morgan fingerprint density at radius 1 is 1.35 bits per heavy atom. The van der Waals surface area contributed by atoms with E-state index in [1.54, 1.807) is 0 Å². The van der Waals surface area contributed by atoms with Crippen LogP contribution in [0.5, 0.6) is 0 Å². The standard InChI is InChI=1S/C16H26BrN3/c1-12(18)15-5-4-14(10-16(15)17)20-8-6-13(7-9-20)11-19(2)3/h4-5,10,12-13H,6-9,11,18H2,1-3H3/t12-/m0/s1. The average Bonchev–Trinajstić information content (AvgIpc) is 2.38. The van der Waals surface area contributed by atoms with Gasteiger partial charge in [0.05, 0.1) is 0 Å². The van der Waals surface area contributed by atoms with E-state index in [0.717, 1.165) is 23.5 Å². The number of nitrogens with two attached hydrogens (primary N) is 1. The fourth-order valence-electron chi connectivity index (χ4n) is 2.97. The first-order chi connectivity index (χ1) is 9.47. The molecule has 0 radical (unpaired) electrons. The predicted octanol–water partition coefficient (Wildman–Crippen LogP) is 3.25. The van der Waals surface area contributed by atoms with Crippen LogP contribution in [0.4, 0.5) is 5.69 Å². The van der Waals surface area contributed by atoms with Crippen LogP contribution >= 0.6 is 15.9 Å². The molecule has 0 spiro atoms. The van der Waals surface area contributed by atoms with Crippen LogP contribution in [-0.2, 0) is 0 Å². The zero-order valence-corrected chi connectivity index (χ0v) is 14.4. The van der Waals surface area contributed by atoms with Crippen LogP contribution in [0.15, 0.2) is 22.7 Å². The number of rotatable bonds is 4. The first kappa shape index (κ1) is 15.8. The molecule has 1 atom stereocenters. The summed E-state index contributed by atoms with van der Waals surface area (Å²) in [6.45, 7) is 5.54. The van der Waals surface area contributed by atoms with Crippen LogP contribution in [0.25, 0.3) is 0 Å². The quantitative estimate of drug-likeness (QED) is 0.913. The lowest BCUT2D eigenvalue weighted by Crippen LogP contribution is -2.37. The molecule has 1 heterocycles. The summed E-state index contributed by atoms with van der Waals surface area (Å²) in [5.74, 6) is 0.841. The largest absolute Gasteiger partial charge is 0.371 e. The number of hydrogen-bond donors (Lipinski definition) is 1. The highest BCUT2D eigenvalue weighted by Gasteiger charge is 2.20. The van der Waals surface area contributed by atoms with Crippen molar-refractivity contribution in [2.75, 3.05) is 38.6 Å². The average molecular weight is 340 g/mol. The van der Waals surface area contributed by atoms with Crippen molar-refractivity contribution in [3.63, 3.8) is 0 Å². The van der Waals surface area contributed by atoms with Crippen LogP contribution in [0, 0.1) is 5.92 Å². The minimum absolute atomic E-state index is 0.0734. The number of piperidine rings is 1. The van der Waals surface area contributed by atoms with Crippen LogP contribution < -0.4 is 10.6 Å². The first-order valence-corrected chi connectivity index (χ1v) is 8.21. The second-order valence-electron chi connectivity index (χ2n) is 6.19. The van der Waals surface area contributed by atoms with E-state index in [-0.39, 0.29) is 6.04 Å². The van der Waals surface area contributed by atoms with E-state index in [9.17, 15) is 0 Å². The molecule has 1 aliphatic heterocycles. The molecule has 0 aromatic heterocycles. The topological polar surface area (TPSA) is 32.5 Å². The van der Waals surface area contributed by atoms with Gasteiger partial charge in [0, 0.05) is 35.8 Å². The summed E-state index contributed by atoms with van der Waals surface area (Å²) in [5.41, 5.74) is 8.45. The molecule has 1 saturated heterocycles. The van der Waals surface area contributed by atoms with E-state index < -0.39 is 0 Å². The van der Waals surface area contributed by atoms with Crippen molar-refractivity contribution in [1.29, 1.82) is 0 Å². The minimum atomic E-state index is 0.0734. The molecule has 0 unspecified atom stereocenters. The molecular formula is C16H26BrN3. The molecular weight excluding hydrogens is 314 g/mol. The van der Waals surface area contributed by atoms with E-state index in [1.807, 2.05) is 6.92 Å². The summed E-state index contributed by atoms with van der Waals surface area (Å²) < 4.78 is 1.13. The maximum absolute atomic E-state index is 5.96. The van der Waals surface area contributed by atoms with Crippen molar-refractivity contribution in [1.82, 2.24) is 4.90 Å². The fourth-order valence-corrected chi connectivity index (χ4v) is 3.70. The maximum Gasteiger partial charge on any atom is 0.0377 e. The van der Waals surface area contributed by atoms with Gasteiger partial charge in [-0.15, -0.1) is 0 Å². The van der Waals surface area contributed by atoms with Gasteiger partial charge in [-0.05, 0) is 57.5 Å². The lowest BCUT2D eigenvalue weighted by molar-refractivity contribution is 0.285. The lowest BCUT2D eigenvalue weighted by Gasteiger charge is -2.35. The molecule has 1 aromatic rings. The van der Waals surface area contributed by atoms with Gasteiger partial charge in [-0.2, -0.15) is 0 Å². The molecule has 0 amide bonds.